The number of rotatable bonds is 8. The third-order valence-electron chi connectivity index (χ3n) is 4.50. The Morgan fingerprint density at radius 2 is 1.93 bits per heavy atom. The summed E-state index contributed by atoms with van der Waals surface area (Å²) in [6, 6.07) is 9.88. The van der Waals surface area contributed by atoms with Crippen molar-refractivity contribution in [2.75, 3.05) is 26.2 Å². The summed E-state index contributed by atoms with van der Waals surface area (Å²) < 4.78 is 17.0. The van der Waals surface area contributed by atoms with Crippen LogP contribution in [0.15, 0.2) is 55.0 Å². The van der Waals surface area contributed by atoms with Crippen LogP contribution in [0.2, 0.25) is 0 Å². The van der Waals surface area contributed by atoms with Crippen molar-refractivity contribution in [3.8, 4) is 11.5 Å². The molecule has 0 aliphatic carbocycles. The average molecular weight is 369 g/mol. The minimum absolute atomic E-state index is 0.200. The Balaban J connectivity index is 1.89. The first-order valence-corrected chi connectivity index (χ1v) is 9.12. The highest BCUT2D eigenvalue weighted by Crippen LogP contribution is 2.20. The third kappa shape index (κ3) is 4.25. The van der Waals surface area contributed by atoms with Crippen molar-refractivity contribution in [2.24, 2.45) is 0 Å². The SMILES string of the molecule is CCN(CC)CCNC(=O)c1cnn(-c2cccc(F)c2)c1-n1cccc1. The van der Waals surface area contributed by atoms with E-state index in [9.17, 15) is 9.18 Å². The lowest BCUT2D eigenvalue weighted by Gasteiger charge is -2.18. The Bertz CT molecular complexity index is 884. The maximum atomic E-state index is 13.7. The minimum atomic E-state index is -0.355. The first-order valence-electron chi connectivity index (χ1n) is 9.12. The molecule has 1 N–H and O–H groups in total. The molecule has 2 heterocycles. The standard InChI is InChI=1S/C20H24FN5O/c1-3-24(4-2)13-10-22-19(27)18-15-23-26(17-9-7-8-16(21)14-17)20(18)25-11-5-6-12-25/h5-9,11-12,14-15H,3-4,10,13H2,1-2H3,(H,22,27). The van der Waals surface area contributed by atoms with E-state index in [1.165, 1.54) is 18.3 Å². The van der Waals surface area contributed by atoms with Crippen molar-refractivity contribution in [1.82, 2.24) is 24.6 Å². The zero-order valence-electron chi connectivity index (χ0n) is 15.6. The average Bonchev–Trinajstić information content (AvgIpc) is 3.34. The van der Waals surface area contributed by atoms with E-state index in [4.69, 9.17) is 0 Å². The number of benzene rings is 1. The molecule has 0 bridgehead atoms. The molecule has 3 aromatic rings. The molecule has 0 spiro atoms. The highest BCUT2D eigenvalue weighted by Gasteiger charge is 2.20. The first kappa shape index (κ1) is 18.8. The van der Waals surface area contributed by atoms with Crippen LogP contribution in [0.5, 0.6) is 0 Å². The van der Waals surface area contributed by atoms with E-state index in [0.717, 1.165) is 19.6 Å². The van der Waals surface area contributed by atoms with Crippen LogP contribution >= 0.6 is 0 Å². The van der Waals surface area contributed by atoms with Crippen LogP contribution in [0.25, 0.3) is 11.5 Å². The molecule has 1 aromatic carbocycles. The molecular formula is C20H24FN5O. The fraction of sp³-hybridized carbons (Fsp3) is 0.300. The van der Waals surface area contributed by atoms with Crippen molar-refractivity contribution >= 4 is 5.91 Å². The molecule has 0 saturated carbocycles. The van der Waals surface area contributed by atoms with E-state index in [2.05, 4.69) is 29.2 Å². The number of hydrogen-bond donors (Lipinski definition) is 1. The van der Waals surface area contributed by atoms with Gasteiger partial charge in [0.1, 0.15) is 11.4 Å². The fourth-order valence-electron chi connectivity index (χ4n) is 2.99. The van der Waals surface area contributed by atoms with E-state index >= 15 is 0 Å². The van der Waals surface area contributed by atoms with Crippen molar-refractivity contribution in [1.29, 1.82) is 0 Å². The largest absolute Gasteiger partial charge is 0.351 e. The van der Waals surface area contributed by atoms with E-state index in [-0.39, 0.29) is 11.7 Å². The number of carbonyl (C=O) groups excluding carboxylic acids is 1. The molecule has 0 atom stereocenters. The molecule has 0 fully saturated rings. The van der Waals surface area contributed by atoms with Gasteiger partial charge < -0.3 is 14.8 Å². The van der Waals surface area contributed by atoms with Crippen molar-refractivity contribution < 1.29 is 9.18 Å². The lowest BCUT2D eigenvalue weighted by molar-refractivity contribution is 0.0949. The lowest BCUT2D eigenvalue weighted by Crippen LogP contribution is -2.35. The van der Waals surface area contributed by atoms with Gasteiger partial charge in [0.15, 0.2) is 5.82 Å². The van der Waals surface area contributed by atoms with Crippen molar-refractivity contribution in [2.45, 2.75) is 13.8 Å². The van der Waals surface area contributed by atoms with Gasteiger partial charge in [-0.05, 0) is 43.4 Å². The highest BCUT2D eigenvalue weighted by molar-refractivity contribution is 5.97. The van der Waals surface area contributed by atoms with Crippen LogP contribution in [0.3, 0.4) is 0 Å². The summed E-state index contributed by atoms with van der Waals surface area (Å²) in [6.45, 7) is 7.42. The topological polar surface area (TPSA) is 55.1 Å². The minimum Gasteiger partial charge on any atom is -0.351 e. The van der Waals surface area contributed by atoms with Crippen LogP contribution in [0, 0.1) is 5.82 Å². The normalized spacial score (nSPS) is 11.1. The number of carbonyl (C=O) groups is 1. The lowest BCUT2D eigenvalue weighted by atomic mass is 10.2. The first-order chi connectivity index (χ1) is 13.1. The van der Waals surface area contributed by atoms with Gasteiger partial charge in [-0.2, -0.15) is 5.10 Å². The van der Waals surface area contributed by atoms with E-state index < -0.39 is 0 Å². The van der Waals surface area contributed by atoms with Gasteiger partial charge in [-0.25, -0.2) is 9.07 Å². The van der Waals surface area contributed by atoms with Crippen LogP contribution in [0.1, 0.15) is 24.2 Å². The zero-order chi connectivity index (χ0) is 19.2. The van der Waals surface area contributed by atoms with Crippen LogP contribution in [-0.2, 0) is 0 Å². The van der Waals surface area contributed by atoms with Gasteiger partial charge >= 0.3 is 0 Å². The summed E-state index contributed by atoms with van der Waals surface area (Å²) in [7, 11) is 0. The molecule has 27 heavy (non-hydrogen) atoms. The van der Waals surface area contributed by atoms with Gasteiger partial charge in [-0.1, -0.05) is 19.9 Å². The number of aromatic nitrogens is 3. The second-order valence-electron chi connectivity index (χ2n) is 6.15. The Kier molecular flexibility index (Phi) is 6.03. The third-order valence-corrected chi connectivity index (χ3v) is 4.50. The summed E-state index contributed by atoms with van der Waals surface area (Å²) in [5.41, 5.74) is 0.996. The van der Waals surface area contributed by atoms with Gasteiger partial charge in [-0.15, -0.1) is 0 Å². The van der Waals surface area contributed by atoms with Gasteiger partial charge in [0, 0.05) is 25.5 Å². The zero-order valence-corrected chi connectivity index (χ0v) is 15.6. The van der Waals surface area contributed by atoms with Crippen molar-refractivity contribution in [3.63, 3.8) is 0 Å². The van der Waals surface area contributed by atoms with Gasteiger partial charge in [-0.3, -0.25) is 4.79 Å². The van der Waals surface area contributed by atoms with Gasteiger partial charge in [0.25, 0.3) is 5.91 Å². The molecule has 6 nitrogen and oxygen atoms in total. The summed E-state index contributed by atoms with van der Waals surface area (Å²) in [6.07, 6.45) is 5.19. The number of hydrogen-bond acceptors (Lipinski definition) is 3. The fourth-order valence-corrected chi connectivity index (χ4v) is 2.99. The summed E-state index contributed by atoms with van der Waals surface area (Å²) in [4.78, 5) is 15.0. The number of amides is 1. The molecular weight excluding hydrogens is 345 g/mol. The Labute approximate surface area is 158 Å². The number of halogens is 1. The molecule has 0 aliphatic heterocycles. The molecule has 7 heteroatoms. The predicted molar refractivity (Wildman–Crippen MR) is 103 cm³/mol. The second-order valence-corrected chi connectivity index (χ2v) is 6.15. The highest BCUT2D eigenvalue weighted by atomic mass is 19.1. The number of nitrogens with one attached hydrogen (secondary N) is 1. The van der Waals surface area contributed by atoms with E-state index in [1.807, 2.05) is 24.5 Å². The molecule has 0 unspecified atom stereocenters. The number of nitrogens with zero attached hydrogens (tertiary/aromatic N) is 4. The van der Waals surface area contributed by atoms with E-state index in [1.54, 1.807) is 21.4 Å². The molecule has 2 aromatic heterocycles. The molecule has 3 rings (SSSR count). The van der Waals surface area contributed by atoms with Gasteiger partial charge in [0.2, 0.25) is 0 Å². The van der Waals surface area contributed by atoms with Crippen LogP contribution in [0.4, 0.5) is 4.39 Å². The molecule has 1 amide bonds. The van der Waals surface area contributed by atoms with E-state index in [0.29, 0.717) is 23.6 Å². The Hall–Kier alpha value is -2.93. The maximum absolute atomic E-state index is 13.7. The predicted octanol–water partition coefficient (Wildman–Crippen LogP) is 2.87. The number of likely N-dealkylation sites (N-methyl/N-ethyl adjacent to an activating group) is 1. The summed E-state index contributed by atoms with van der Waals surface area (Å²) in [5, 5.41) is 7.29. The van der Waals surface area contributed by atoms with Crippen molar-refractivity contribution in [3.05, 3.63) is 66.4 Å². The smallest absolute Gasteiger partial charge is 0.256 e. The molecule has 142 valence electrons. The molecule has 0 radical (unpaired) electrons. The second kappa shape index (κ2) is 8.64. The Morgan fingerprint density at radius 1 is 1.19 bits per heavy atom. The quantitative estimate of drug-likeness (QED) is 0.664. The summed E-state index contributed by atoms with van der Waals surface area (Å²) in [5.74, 6) is 0.0196. The Morgan fingerprint density at radius 3 is 2.59 bits per heavy atom. The molecule has 0 saturated heterocycles. The van der Waals surface area contributed by atoms with Crippen LogP contribution < -0.4 is 5.32 Å². The summed E-state index contributed by atoms with van der Waals surface area (Å²) >= 11 is 0. The van der Waals surface area contributed by atoms with Gasteiger partial charge in [0.05, 0.1) is 11.9 Å². The maximum Gasteiger partial charge on any atom is 0.256 e. The van der Waals surface area contributed by atoms with Crippen LogP contribution in [-0.4, -0.2) is 51.3 Å². The monoisotopic (exact) mass is 369 g/mol. The molecule has 0 aliphatic rings.